The van der Waals surface area contributed by atoms with Crippen molar-refractivity contribution in [2.45, 2.75) is 71.1 Å². The fourth-order valence-electron chi connectivity index (χ4n) is 2.62. The minimum atomic E-state index is -0.444. The molecule has 1 aromatic rings. The third kappa shape index (κ3) is 5.54. The maximum Gasteiger partial charge on any atom is 0.407 e. The Hall–Kier alpha value is -1.78. The van der Waals surface area contributed by atoms with Crippen LogP contribution in [0.3, 0.4) is 0 Å². The van der Waals surface area contributed by atoms with Gasteiger partial charge in [0.2, 0.25) is 0 Å². The fourth-order valence-corrected chi connectivity index (χ4v) is 2.62. The highest BCUT2D eigenvalue weighted by molar-refractivity contribution is 5.68. The lowest BCUT2D eigenvalue weighted by molar-refractivity contribution is 0.0492. The first-order valence-electron chi connectivity index (χ1n) is 8.00. The van der Waals surface area contributed by atoms with E-state index >= 15 is 0 Å². The standard InChI is InChI=1S/C17H27N3O2/c1-12-5-10-15(18-11-12)19-13-6-8-14(9-7-13)20-16(21)22-17(2,3)4/h5,10-11,13-14H,6-9H2,1-4H3,(H,18,19)(H,20,21)/t13-,14-. The summed E-state index contributed by atoms with van der Waals surface area (Å²) in [4.78, 5) is 16.2. The summed E-state index contributed by atoms with van der Waals surface area (Å²) < 4.78 is 5.30. The molecule has 5 nitrogen and oxygen atoms in total. The first-order valence-corrected chi connectivity index (χ1v) is 8.00. The second kappa shape index (κ2) is 6.99. The molecule has 122 valence electrons. The van der Waals surface area contributed by atoms with E-state index in [1.807, 2.05) is 40.0 Å². The van der Waals surface area contributed by atoms with Gasteiger partial charge < -0.3 is 15.4 Å². The summed E-state index contributed by atoms with van der Waals surface area (Å²) in [6.07, 6.45) is 5.53. The molecule has 0 unspecified atom stereocenters. The lowest BCUT2D eigenvalue weighted by Gasteiger charge is -2.30. The number of rotatable bonds is 3. The second-order valence-electron chi connectivity index (χ2n) is 7.06. The van der Waals surface area contributed by atoms with Gasteiger partial charge >= 0.3 is 6.09 Å². The zero-order valence-corrected chi connectivity index (χ0v) is 14.0. The minimum Gasteiger partial charge on any atom is -0.444 e. The van der Waals surface area contributed by atoms with Gasteiger partial charge in [-0.15, -0.1) is 0 Å². The van der Waals surface area contributed by atoms with Crippen LogP contribution in [0.5, 0.6) is 0 Å². The number of pyridine rings is 1. The van der Waals surface area contributed by atoms with Crippen LogP contribution >= 0.6 is 0 Å². The molecule has 0 atom stereocenters. The van der Waals surface area contributed by atoms with E-state index in [2.05, 4.69) is 21.7 Å². The van der Waals surface area contributed by atoms with E-state index in [4.69, 9.17) is 4.74 Å². The van der Waals surface area contributed by atoms with Crippen LogP contribution in [0.1, 0.15) is 52.0 Å². The summed E-state index contributed by atoms with van der Waals surface area (Å²) in [5.41, 5.74) is 0.718. The first-order chi connectivity index (χ1) is 10.3. The molecule has 1 amide bonds. The number of nitrogens with one attached hydrogen (secondary N) is 2. The molecule has 0 aromatic carbocycles. The van der Waals surface area contributed by atoms with E-state index in [0.29, 0.717) is 6.04 Å². The molecular weight excluding hydrogens is 278 g/mol. The van der Waals surface area contributed by atoms with E-state index in [1.54, 1.807) is 0 Å². The van der Waals surface area contributed by atoms with Crippen LogP contribution in [-0.4, -0.2) is 28.8 Å². The van der Waals surface area contributed by atoms with Gasteiger partial charge in [0.1, 0.15) is 11.4 Å². The highest BCUT2D eigenvalue weighted by Gasteiger charge is 2.24. The number of aromatic nitrogens is 1. The maximum atomic E-state index is 11.8. The van der Waals surface area contributed by atoms with Gasteiger partial charge in [-0.2, -0.15) is 0 Å². The summed E-state index contributed by atoms with van der Waals surface area (Å²) in [6, 6.07) is 4.71. The van der Waals surface area contributed by atoms with E-state index in [-0.39, 0.29) is 12.1 Å². The van der Waals surface area contributed by atoms with Crippen molar-refractivity contribution in [1.29, 1.82) is 0 Å². The number of ether oxygens (including phenoxy) is 1. The number of nitrogens with zero attached hydrogens (tertiary/aromatic N) is 1. The van der Waals surface area contributed by atoms with Crippen molar-refractivity contribution >= 4 is 11.9 Å². The Kier molecular flexibility index (Phi) is 5.27. The van der Waals surface area contributed by atoms with Crippen molar-refractivity contribution in [2.24, 2.45) is 0 Å². The van der Waals surface area contributed by atoms with Crippen molar-refractivity contribution in [3.63, 3.8) is 0 Å². The topological polar surface area (TPSA) is 63.2 Å². The number of hydrogen-bond donors (Lipinski definition) is 2. The Bertz CT molecular complexity index is 486. The lowest BCUT2D eigenvalue weighted by Crippen LogP contribution is -2.42. The molecule has 1 fully saturated rings. The third-order valence-corrected chi connectivity index (χ3v) is 3.71. The Labute approximate surface area is 132 Å². The highest BCUT2D eigenvalue weighted by atomic mass is 16.6. The molecule has 0 aliphatic heterocycles. The zero-order chi connectivity index (χ0) is 16.2. The van der Waals surface area contributed by atoms with Crippen LogP contribution in [0.25, 0.3) is 0 Å². The van der Waals surface area contributed by atoms with Crippen LogP contribution < -0.4 is 10.6 Å². The Balaban J connectivity index is 1.73. The number of amides is 1. The molecule has 1 saturated carbocycles. The molecule has 1 heterocycles. The van der Waals surface area contributed by atoms with Gasteiger partial charge in [0.25, 0.3) is 0 Å². The summed E-state index contributed by atoms with van der Waals surface area (Å²) in [5, 5.41) is 6.43. The molecule has 0 radical (unpaired) electrons. The number of anilines is 1. The van der Waals surface area contributed by atoms with Gasteiger partial charge in [-0.25, -0.2) is 9.78 Å². The number of alkyl carbamates (subject to hydrolysis) is 1. The molecule has 1 aliphatic rings. The molecule has 0 saturated heterocycles. The molecule has 2 N–H and O–H groups in total. The van der Waals surface area contributed by atoms with Crippen LogP contribution in [0.4, 0.5) is 10.6 Å². The number of hydrogen-bond acceptors (Lipinski definition) is 4. The summed E-state index contributed by atoms with van der Waals surface area (Å²) in [5.74, 6) is 0.925. The third-order valence-electron chi connectivity index (χ3n) is 3.71. The van der Waals surface area contributed by atoms with Gasteiger partial charge in [0.15, 0.2) is 0 Å². The summed E-state index contributed by atoms with van der Waals surface area (Å²) in [6.45, 7) is 7.66. The Morgan fingerprint density at radius 3 is 2.36 bits per heavy atom. The average molecular weight is 305 g/mol. The molecule has 0 bridgehead atoms. The maximum absolute atomic E-state index is 11.8. The van der Waals surface area contributed by atoms with Gasteiger partial charge in [-0.1, -0.05) is 6.07 Å². The Morgan fingerprint density at radius 2 is 1.82 bits per heavy atom. The number of carbonyl (C=O) groups excluding carboxylic acids is 1. The smallest absolute Gasteiger partial charge is 0.407 e. The van der Waals surface area contributed by atoms with Crippen LogP contribution in [0, 0.1) is 6.92 Å². The monoisotopic (exact) mass is 305 g/mol. The minimum absolute atomic E-state index is 0.207. The molecule has 1 aliphatic carbocycles. The SMILES string of the molecule is Cc1ccc(N[C@H]2CC[C@H](NC(=O)OC(C)(C)C)CC2)nc1. The molecule has 0 spiro atoms. The van der Waals surface area contributed by atoms with E-state index in [9.17, 15) is 4.79 Å². The van der Waals surface area contributed by atoms with Crippen molar-refractivity contribution in [3.05, 3.63) is 23.9 Å². The molecule has 5 heteroatoms. The predicted molar refractivity (Wildman–Crippen MR) is 88.0 cm³/mol. The van der Waals surface area contributed by atoms with Crippen molar-refractivity contribution < 1.29 is 9.53 Å². The van der Waals surface area contributed by atoms with Crippen molar-refractivity contribution in [3.8, 4) is 0 Å². The Morgan fingerprint density at radius 1 is 1.18 bits per heavy atom. The fraction of sp³-hybridized carbons (Fsp3) is 0.647. The molecule has 1 aromatic heterocycles. The van der Waals surface area contributed by atoms with Gasteiger partial charge in [-0.3, -0.25) is 0 Å². The van der Waals surface area contributed by atoms with Crippen LogP contribution in [0.15, 0.2) is 18.3 Å². The van der Waals surface area contributed by atoms with Gasteiger partial charge in [-0.05, 0) is 65.0 Å². The average Bonchev–Trinajstić information content (AvgIpc) is 2.41. The highest BCUT2D eigenvalue weighted by Crippen LogP contribution is 2.22. The quantitative estimate of drug-likeness (QED) is 0.895. The number of aryl methyl sites for hydroxylation is 1. The van der Waals surface area contributed by atoms with Crippen molar-refractivity contribution in [2.75, 3.05) is 5.32 Å². The van der Waals surface area contributed by atoms with E-state index in [0.717, 1.165) is 37.1 Å². The van der Waals surface area contributed by atoms with Crippen molar-refractivity contribution in [1.82, 2.24) is 10.3 Å². The molecule has 22 heavy (non-hydrogen) atoms. The van der Waals surface area contributed by atoms with E-state index < -0.39 is 5.60 Å². The number of carbonyl (C=O) groups is 1. The first kappa shape index (κ1) is 16.6. The van der Waals surface area contributed by atoms with Gasteiger partial charge in [0, 0.05) is 18.3 Å². The van der Waals surface area contributed by atoms with Crippen LogP contribution in [-0.2, 0) is 4.74 Å². The predicted octanol–water partition coefficient (Wildman–Crippen LogP) is 3.64. The van der Waals surface area contributed by atoms with Crippen LogP contribution in [0.2, 0.25) is 0 Å². The van der Waals surface area contributed by atoms with Gasteiger partial charge in [0.05, 0.1) is 0 Å². The summed E-state index contributed by atoms with van der Waals surface area (Å²) >= 11 is 0. The zero-order valence-electron chi connectivity index (χ0n) is 14.0. The van der Waals surface area contributed by atoms with E-state index in [1.165, 1.54) is 0 Å². The largest absolute Gasteiger partial charge is 0.444 e. The second-order valence-corrected chi connectivity index (χ2v) is 7.06. The molecule has 2 rings (SSSR count). The molecular formula is C17H27N3O2. The normalized spacial score (nSPS) is 22.0. The lowest BCUT2D eigenvalue weighted by atomic mass is 9.91. The summed E-state index contributed by atoms with van der Waals surface area (Å²) in [7, 11) is 0.